The van der Waals surface area contributed by atoms with Gasteiger partial charge in [0.1, 0.15) is 0 Å². The van der Waals surface area contributed by atoms with Gasteiger partial charge in [-0.05, 0) is 25.8 Å². The number of likely N-dealkylation sites (N-methyl/N-ethyl adjacent to an activating group) is 1. The van der Waals surface area contributed by atoms with E-state index in [2.05, 4.69) is 10.2 Å². The molecule has 0 aromatic rings. The van der Waals surface area contributed by atoms with Crippen molar-refractivity contribution in [1.29, 1.82) is 0 Å². The van der Waals surface area contributed by atoms with Crippen LogP contribution in [0.15, 0.2) is 0 Å². The van der Waals surface area contributed by atoms with Crippen LogP contribution in [-0.4, -0.2) is 49.2 Å². The van der Waals surface area contributed by atoms with E-state index in [0.29, 0.717) is 11.9 Å². The molecule has 86 valence electrons. The summed E-state index contributed by atoms with van der Waals surface area (Å²) in [4.78, 5) is 14.1. The number of carbonyl (C=O) groups excluding carboxylic acids is 1. The topological polar surface area (TPSA) is 41.6 Å². The maximum Gasteiger partial charge on any atom is 0.240 e. The number of nitrogens with one attached hydrogen (secondary N) is 1. The molecule has 0 aromatic carbocycles. The smallest absolute Gasteiger partial charge is 0.240 e. The average Bonchev–Trinajstić information content (AvgIpc) is 2.63. The van der Waals surface area contributed by atoms with Crippen molar-refractivity contribution in [1.82, 2.24) is 10.2 Å². The Morgan fingerprint density at radius 1 is 1.40 bits per heavy atom. The van der Waals surface area contributed by atoms with Crippen LogP contribution >= 0.6 is 0 Å². The molecular formula is C11H20N2O2. The molecule has 0 bridgehead atoms. The fraction of sp³-hybridized carbons (Fsp3) is 0.909. The summed E-state index contributed by atoms with van der Waals surface area (Å²) in [7, 11) is 0. The normalized spacial score (nSPS) is 28.7. The van der Waals surface area contributed by atoms with Crippen LogP contribution in [0.25, 0.3) is 0 Å². The standard InChI is InChI=1S/C11H20N2O2/c1-2-12-10-3-6-13(11(10)14)9-4-7-15-8-5-9/h9-10,12H,2-8H2,1H3. The zero-order chi connectivity index (χ0) is 10.7. The number of hydrogen-bond donors (Lipinski definition) is 1. The third-order valence-electron chi connectivity index (χ3n) is 3.32. The molecule has 15 heavy (non-hydrogen) atoms. The average molecular weight is 212 g/mol. The van der Waals surface area contributed by atoms with E-state index in [1.807, 2.05) is 6.92 Å². The van der Waals surface area contributed by atoms with Crippen LogP contribution in [0.2, 0.25) is 0 Å². The third-order valence-corrected chi connectivity index (χ3v) is 3.32. The Morgan fingerprint density at radius 2 is 2.13 bits per heavy atom. The Hall–Kier alpha value is -0.610. The van der Waals surface area contributed by atoms with Gasteiger partial charge in [-0.2, -0.15) is 0 Å². The van der Waals surface area contributed by atoms with Crippen molar-refractivity contribution in [3.05, 3.63) is 0 Å². The molecule has 1 atom stereocenters. The molecule has 0 aromatic heterocycles. The maximum atomic E-state index is 12.0. The maximum absolute atomic E-state index is 12.0. The van der Waals surface area contributed by atoms with Crippen LogP contribution in [0.3, 0.4) is 0 Å². The van der Waals surface area contributed by atoms with Gasteiger partial charge in [-0.25, -0.2) is 0 Å². The highest BCUT2D eigenvalue weighted by Crippen LogP contribution is 2.21. The van der Waals surface area contributed by atoms with E-state index in [-0.39, 0.29) is 6.04 Å². The molecule has 2 aliphatic heterocycles. The predicted molar refractivity (Wildman–Crippen MR) is 57.6 cm³/mol. The Kier molecular flexibility index (Phi) is 3.59. The third kappa shape index (κ3) is 2.32. The first kappa shape index (κ1) is 10.9. The van der Waals surface area contributed by atoms with Crippen molar-refractivity contribution in [2.24, 2.45) is 0 Å². The summed E-state index contributed by atoms with van der Waals surface area (Å²) in [5, 5.41) is 3.24. The molecule has 1 amide bonds. The number of carbonyl (C=O) groups is 1. The Labute approximate surface area is 91.0 Å². The quantitative estimate of drug-likeness (QED) is 0.735. The van der Waals surface area contributed by atoms with Gasteiger partial charge in [0.05, 0.1) is 6.04 Å². The summed E-state index contributed by atoms with van der Waals surface area (Å²) < 4.78 is 5.32. The highest BCUT2D eigenvalue weighted by atomic mass is 16.5. The summed E-state index contributed by atoms with van der Waals surface area (Å²) in [5.41, 5.74) is 0. The molecule has 4 heteroatoms. The molecule has 0 radical (unpaired) electrons. The second kappa shape index (κ2) is 4.94. The van der Waals surface area contributed by atoms with Crippen molar-refractivity contribution in [3.8, 4) is 0 Å². The van der Waals surface area contributed by atoms with Gasteiger partial charge < -0.3 is 15.0 Å². The molecule has 2 rings (SSSR count). The van der Waals surface area contributed by atoms with Crippen LogP contribution < -0.4 is 5.32 Å². The molecule has 2 saturated heterocycles. The minimum absolute atomic E-state index is 0.0674. The number of likely N-dealkylation sites (tertiary alicyclic amines) is 1. The molecule has 2 aliphatic rings. The van der Waals surface area contributed by atoms with Crippen molar-refractivity contribution in [2.75, 3.05) is 26.3 Å². The number of amides is 1. The van der Waals surface area contributed by atoms with Gasteiger partial charge in [0, 0.05) is 25.8 Å². The molecule has 4 nitrogen and oxygen atoms in total. The fourth-order valence-corrected chi connectivity index (χ4v) is 2.50. The van der Waals surface area contributed by atoms with Crippen LogP contribution in [-0.2, 0) is 9.53 Å². The Balaban J connectivity index is 1.90. The summed E-state index contributed by atoms with van der Waals surface area (Å²) in [5.74, 6) is 0.295. The molecule has 1 unspecified atom stereocenters. The van der Waals surface area contributed by atoms with Gasteiger partial charge in [-0.15, -0.1) is 0 Å². The van der Waals surface area contributed by atoms with Gasteiger partial charge in [0.2, 0.25) is 5.91 Å². The predicted octanol–water partition coefficient (Wildman–Crippen LogP) is 0.376. The first-order chi connectivity index (χ1) is 7.33. The SMILES string of the molecule is CCNC1CCN(C2CCOCC2)C1=O. The molecule has 0 saturated carbocycles. The molecule has 0 spiro atoms. The molecule has 0 aliphatic carbocycles. The molecule has 2 fully saturated rings. The van der Waals surface area contributed by atoms with E-state index >= 15 is 0 Å². The van der Waals surface area contributed by atoms with E-state index < -0.39 is 0 Å². The lowest BCUT2D eigenvalue weighted by Crippen LogP contribution is -2.44. The van der Waals surface area contributed by atoms with E-state index in [1.165, 1.54) is 0 Å². The van der Waals surface area contributed by atoms with E-state index in [4.69, 9.17) is 4.74 Å². The van der Waals surface area contributed by atoms with Gasteiger partial charge in [-0.1, -0.05) is 6.92 Å². The van der Waals surface area contributed by atoms with E-state index in [1.54, 1.807) is 0 Å². The van der Waals surface area contributed by atoms with Gasteiger partial charge in [0.15, 0.2) is 0 Å². The largest absolute Gasteiger partial charge is 0.381 e. The molecular weight excluding hydrogens is 192 g/mol. The summed E-state index contributed by atoms with van der Waals surface area (Å²) >= 11 is 0. The van der Waals surface area contributed by atoms with E-state index in [9.17, 15) is 4.79 Å². The minimum atomic E-state index is 0.0674. The second-order valence-electron chi connectivity index (χ2n) is 4.27. The first-order valence-corrected chi connectivity index (χ1v) is 5.94. The summed E-state index contributed by atoms with van der Waals surface area (Å²) in [6.07, 6.45) is 2.97. The van der Waals surface area contributed by atoms with E-state index in [0.717, 1.165) is 45.6 Å². The highest BCUT2D eigenvalue weighted by Gasteiger charge is 2.35. The van der Waals surface area contributed by atoms with Gasteiger partial charge in [-0.3, -0.25) is 4.79 Å². The summed E-state index contributed by atoms with van der Waals surface area (Å²) in [6, 6.07) is 0.493. The van der Waals surface area contributed by atoms with Gasteiger partial charge in [0.25, 0.3) is 0 Å². The van der Waals surface area contributed by atoms with Crippen LogP contribution in [0.1, 0.15) is 26.2 Å². The summed E-state index contributed by atoms with van der Waals surface area (Å²) in [6.45, 7) is 5.45. The second-order valence-corrected chi connectivity index (χ2v) is 4.27. The lowest BCUT2D eigenvalue weighted by Gasteiger charge is -2.31. The van der Waals surface area contributed by atoms with Crippen LogP contribution in [0, 0.1) is 0 Å². The number of nitrogens with zero attached hydrogens (tertiary/aromatic N) is 1. The monoisotopic (exact) mass is 212 g/mol. The highest BCUT2D eigenvalue weighted by molar-refractivity contribution is 5.84. The van der Waals surface area contributed by atoms with Crippen molar-refractivity contribution in [3.63, 3.8) is 0 Å². The van der Waals surface area contributed by atoms with Crippen LogP contribution in [0.4, 0.5) is 0 Å². The lowest BCUT2D eigenvalue weighted by molar-refractivity contribution is -0.132. The fourth-order valence-electron chi connectivity index (χ4n) is 2.50. The van der Waals surface area contributed by atoms with Crippen LogP contribution in [0.5, 0.6) is 0 Å². The Bertz CT molecular complexity index is 227. The zero-order valence-corrected chi connectivity index (χ0v) is 9.37. The zero-order valence-electron chi connectivity index (χ0n) is 9.37. The lowest BCUT2D eigenvalue weighted by atomic mass is 10.1. The number of hydrogen-bond acceptors (Lipinski definition) is 3. The molecule has 1 N–H and O–H groups in total. The Morgan fingerprint density at radius 3 is 2.80 bits per heavy atom. The first-order valence-electron chi connectivity index (χ1n) is 5.94. The van der Waals surface area contributed by atoms with Crippen molar-refractivity contribution < 1.29 is 9.53 Å². The van der Waals surface area contributed by atoms with Gasteiger partial charge >= 0.3 is 0 Å². The molecule has 2 heterocycles. The number of rotatable bonds is 3. The van der Waals surface area contributed by atoms with Crippen molar-refractivity contribution >= 4 is 5.91 Å². The van der Waals surface area contributed by atoms with Crippen molar-refractivity contribution in [2.45, 2.75) is 38.3 Å². The minimum Gasteiger partial charge on any atom is -0.381 e. The number of ether oxygens (including phenoxy) is 1.